The normalized spacial score (nSPS) is 22.1. The molecular weight excluding hydrogens is 214 g/mol. The second-order valence-corrected chi connectivity index (χ2v) is 4.95. The average Bonchev–Trinajstić information content (AvgIpc) is 2.68. The summed E-state index contributed by atoms with van der Waals surface area (Å²) in [6.45, 7) is 2.25. The Morgan fingerprint density at radius 2 is 2.24 bits per heavy atom. The Hall–Kier alpha value is -1.55. The molecule has 4 heteroatoms. The zero-order valence-electron chi connectivity index (χ0n) is 9.99. The number of likely N-dealkylation sites (N-methyl/N-ethyl adjacent to an activating group) is 1. The summed E-state index contributed by atoms with van der Waals surface area (Å²) >= 11 is 0. The largest absolute Gasteiger partial charge is 0.323 e. The van der Waals surface area contributed by atoms with Crippen LogP contribution in [-0.2, 0) is 0 Å². The Morgan fingerprint density at radius 1 is 1.35 bits per heavy atom. The van der Waals surface area contributed by atoms with Gasteiger partial charge in [0.1, 0.15) is 0 Å². The molecule has 0 aliphatic carbocycles. The Bertz CT molecular complexity index is 584. The molecule has 1 saturated heterocycles. The van der Waals surface area contributed by atoms with E-state index in [1.165, 1.54) is 24.9 Å². The first-order valence-electron chi connectivity index (χ1n) is 6.13. The number of piperidine rings is 1. The fraction of sp³-hybridized carbons (Fsp3) is 0.462. The zero-order valence-corrected chi connectivity index (χ0v) is 9.99. The number of hydrogen-bond donors (Lipinski definition) is 2. The first-order valence-corrected chi connectivity index (χ1v) is 6.13. The van der Waals surface area contributed by atoms with Gasteiger partial charge in [-0.15, -0.1) is 0 Å². The van der Waals surface area contributed by atoms with Crippen LogP contribution < -0.4 is 5.69 Å². The average molecular weight is 231 g/mol. The highest BCUT2D eigenvalue weighted by atomic mass is 16.1. The highest BCUT2D eigenvalue weighted by Gasteiger charge is 2.21. The van der Waals surface area contributed by atoms with Crippen molar-refractivity contribution in [1.29, 1.82) is 0 Å². The van der Waals surface area contributed by atoms with Crippen LogP contribution in [0.3, 0.4) is 0 Å². The van der Waals surface area contributed by atoms with Crippen LogP contribution in [0.5, 0.6) is 0 Å². The summed E-state index contributed by atoms with van der Waals surface area (Å²) in [7, 11) is 2.16. The number of nitrogens with zero attached hydrogens (tertiary/aromatic N) is 1. The van der Waals surface area contributed by atoms with Crippen LogP contribution in [0.2, 0.25) is 0 Å². The van der Waals surface area contributed by atoms with Gasteiger partial charge in [0.25, 0.3) is 0 Å². The van der Waals surface area contributed by atoms with E-state index in [9.17, 15) is 4.79 Å². The van der Waals surface area contributed by atoms with Crippen LogP contribution >= 0.6 is 0 Å². The van der Waals surface area contributed by atoms with Gasteiger partial charge in [0.05, 0.1) is 11.0 Å². The molecule has 1 atom stereocenters. The van der Waals surface area contributed by atoms with Gasteiger partial charge in [-0.3, -0.25) is 0 Å². The molecule has 0 radical (unpaired) electrons. The molecule has 3 rings (SSSR count). The van der Waals surface area contributed by atoms with E-state index in [4.69, 9.17) is 0 Å². The molecule has 0 amide bonds. The van der Waals surface area contributed by atoms with Gasteiger partial charge in [0.15, 0.2) is 0 Å². The van der Waals surface area contributed by atoms with Crippen LogP contribution in [0.4, 0.5) is 0 Å². The Labute approximate surface area is 99.6 Å². The molecule has 1 aromatic carbocycles. The number of imidazole rings is 1. The Morgan fingerprint density at radius 3 is 3.06 bits per heavy atom. The van der Waals surface area contributed by atoms with Crippen molar-refractivity contribution in [2.24, 2.45) is 0 Å². The van der Waals surface area contributed by atoms with Gasteiger partial charge in [-0.05, 0) is 44.0 Å². The Balaban J connectivity index is 2.07. The second-order valence-electron chi connectivity index (χ2n) is 4.95. The lowest BCUT2D eigenvalue weighted by atomic mass is 9.90. The van der Waals surface area contributed by atoms with Gasteiger partial charge in [-0.1, -0.05) is 12.1 Å². The number of rotatable bonds is 1. The number of likely N-dealkylation sites (tertiary alicyclic amines) is 1. The summed E-state index contributed by atoms with van der Waals surface area (Å²) in [6.07, 6.45) is 2.43. The quantitative estimate of drug-likeness (QED) is 0.784. The van der Waals surface area contributed by atoms with Crippen molar-refractivity contribution < 1.29 is 0 Å². The van der Waals surface area contributed by atoms with E-state index in [0.29, 0.717) is 5.92 Å². The highest BCUT2D eigenvalue weighted by molar-refractivity contribution is 5.78. The van der Waals surface area contributed by atoms with Crippen LogP contribution in [-0.4, -0.2) is 35.0 Å². The van der Waals surface area contributed by atoms with Crippen LogP contribution in [0.15, 0.2) is 23.0 Å². The Kier molecular flexibility index (Phi) is 2.52. The molecule has 4 nitrogen and oxygen atoms in total. The maximum absolute atomic E-state index is 11.4. The molecular formula is C13H17N3O. The number of fused-ring (bicyclic) bond motifs is 1. The van der Waals surface area contributed by atoms with Crippen molar-refractivity contribution in [3.05, 3.63) is 34.2 Å². The number of nitrogens with one attached hydrogen (secondary N) is 2. The monoisotopic (exact) mass is 231 g/mol. The van der Waals surface area contributed by atoms with E-state index in [0.717, 1.165) is 17.6 Å². The van der Waals surface area contributed by atoms with Gasteiger partial charge < -0.3 is 14.9 Å². The van der Waals surface area contributed by atoms with E-state index >= 15 is 0 Å². The third-order valence-electron chi connectivity index (χ3n) is 3.65. The summed E-state index contributed by atoms with van der Waals surface area (Å²) in [5, 5.41) is 0. The molecule has 0 saturated carbocycles. The van der Waals surface area contributed by atoms with Crippen molar-refractivity contribution in [1.82, 2.24) is 14.9 Å². The molecule has 1 aliphatic heterocycles. The van der Waals surface area contributed by atoms with Crippen molar-refractivity contribution in [2.75, 3.05) is 20.1 Å². The predicted octanol–water partition coefficient (Wildman–Crippen LogP) is 1.67. The number of aromatic amines is 2. The molecule has 90 valence electrons. The lowest BCUT2D eigenvalue weighted by Crippen LogP contribution is -2.30. The molecule has 0 spiro atoms. The zero-order chi connectivity index (χ0) is 11.8. The second kappa shape index (κ2) is 4.04. The number of benzene rings is 1. The number of aromatic nitrogens is 2. The number of hydrogen-bond acceptors (Lipinski definition) is 2. The molecule has 17 heavy (non-hydrogen) atoms. The maximum atomic E-state index is 11.4. The fourth-order valence-corrected chi connectivity index (χ4v) is 2.84. The lowest BCUT2D eigenvalue weighted by Gasteiger charge is -2.30. The molecule has 2 aromatic rings. The van der Waals surface area contributed by atoms with E-state index in [-0.39, 0.29) is 5.69 Å². The summed E-state index contributed by atoms with van der Waals surface area (Å²) < 4.78 is 0. The van der Waals surface area contributed by atoms with Crippen molar-refractivity contribution in [3.8, 4) is 0 Å². The molecule has 1 aliphatic rings. The summed E-state index contributed by atoms with van der Waals surface area (Å²) in [6, 6.07) is 6.11. The molecule has 1 fully saturated rings. The third-order valence-corrected chi connectivity index (χ3v) is 3.65. The van der Waals surface area contributed by atoms with E-state index in [1.807, 2.05) is 12.1 Å². The number of H-pyrrole nitrogens is 2. The summed E-state index contributed by atoms with van der Waals surface area (Å²) in [5.74, 6) is 0.531. The van der Waals surface area contributed by atoms with Crippen molar-refractivity contribution >= 4 is 11.0 Å². The standard InChI is InChI=1S/C13H17N3O/c1-16-7-3-4-9(8-16)10-5-2-6-11-12(10)15-13(17)14-11/h2,5-6,9H,3-4,7-8H2,1H3,(H2,14,15,17)/t9-/m0/s1. The lowest BCUT2D eigenvalue weighted by molar-refractivity contribution is 0.251. The van der Waals surface area contributed by atoms with Gasteiger partial charge in [-0.25, -0.2) is 4.79 Å². The van der Waals surface area contributed by atoms with Crippen LogP contribution in [0, 0.1) is 0 Å². The van der Waals surface area contributed by atoms with Crippen LogP contribution in [0.25, 0.3) is 11.0 Å². The van der Waals surface area contributed by atoms with E-state index in [1.54, 1.807) is 0 Å². The predicted molar refractivity (Wildman–Crippen MR) is 68.4 cm³/mol. The minimum Gasteiger partial charge on any atom is -0.306 e. The number of para-hydroxylation sites is 1. The highest BCUT2D eigenvalue weighted by Crippen LogP contribution is 2.29. The van der Waals surface area contributed by atoms with Gasteiger partial charge in [0, 0.05) is 6.54 Å². The fourth-order valence-electron chi connectivity index (χ4n) is 2.84. The first-order chi connectivity index (χ1) is 8.24. The van der Waals surface area contributed by atoms with Gasteiger partial charge in [-0.2, -0.15) is 0 Å². The first kappa shape index (κ1) is 10.6. The third kappa shape index (κ3) is 1.89. The SMILES string of the molecule is CN1CCC[C@H](c2cccc3[nH]c(=O)[nH]c23)C1. The summed E-state index contributed by atoms with van der Waals surface area (Å²) in [5.41, 5.74) is 3.06. The minimum absolute atomic E-state index is 0.114. The van der Waals surface area contributed by atoms with Crippen LogP contribution in [0.1, 0.15) is 24.3 Å². The van der Waals surface area contributed by atoms with Gasteiger partial charge in [0.2, 0.25) is 0 Å². The van der Waals surface area contributed by atoms with E-state index < -0.39 is 0 Å². The van der Waals surface area contributed by atoms with Crippen molar-refractivity contribution in [3.63, 3.8) is 0 Å². The molecule has 2 N–H and O–H groups in total. The van der Waals surface area contributed by atoms with Gasteiger partial charge >= 0.3 is 5.69 Å². The molecule has 0 bridgehead atoms. The minimum atomic E-state index is -0.114. The molecule has 0 unspecified atom stereocenters. The van der Waals surface area contributed by atoms with E-state index in [2.05, 4.69) is 28.0 Å². The smallest absolute Gasteiger partial charge is 0.306 e. The molecule has 1 aromatic heterocycles. The summed E-state index contributed by atoms with van der Waals surface area (Å²) in [4.78, 5) is 19.5. The maximum Gasteiger partial charge on any atom is 0.323 e. The van der Waals surface area contributed by atoms with Crippen molar-refractivity contribution in [2.45, 2.75) is 18.8 Å². The topological polar surface area (TPSA) is 51.9 Å². The molecule has 2 heterocycles.